The molecule has 0 saturated carbocycles. The van der Waals surface area contributed by atoms with E-state index >= 15 is 0 Å². The lowest BCUT2D eigenvalue weighted by Gasteiger charge is -2.35. The highest BCUT2D eigenvalue weighted by molar-refractivity contribution is 7.16. The quantitative estimate of drug-likeness (QED) is 0.356. The Morgan fingerprint density at radius 3 is 2.53 bits per heavy atom. The van der Waals surface area contributed by atoms with Crippen molar-refractivity contribution in [2.45, 2.75) is 0 Å². The van der Waals surface area contributed by atoms with Crippen LogP contribution in [0, 0.1) is 0 Å². The first-order chi connectivity index (χ1) is 17.7. The molecule has 0 N–H and O–H groups in total. The summed E-state index contributed by atoms with van der Waals surface area (Å²) in [4.78, 5) is 27.8. The maximum atomic E-state index is 13.8. The normalized spacial score (nSPS) is 13.8. The number of para-hydroxylation sites is 2. The van der Waals surface area contributed by atoms with Gasteiger partial charge in [0.25, 0.3) is 5.91 Å². The van der Waals surface area contributed by atoms with E-state index in [1.807, 2.05) is 71.1 Å². The van der Waals surface area contributed by atoms with Crippen LogP contribution in [-0.4, -0.2) is 63.8 Å². The van der Waals surface area contributed by atoms with Crippen molar-refractivity contribution >= 4 is 33.3 Å². The lowest BCUT2D eigenvalue weighted by atomic mass is 10.1. The van der Waals surface area contributed by atoms with Crippen LogP contribution in [0.15, 0.2) is 78.6 Å². The van der Waals surface area contributed by atoms with Gasteiger partial charge < -0.3 is 14.5 Å². The summed E-state index contributed by atoms with van der Waals surface area (Å²) >= 11 is 1.61. The van der Waals surface area contributed by atoms with E-state index in [-0.39, 0.29) is 5.91 Å². The molecule has 9 heteroatoms. The van der Waals surface area contributed by atoms with E-state index in [1.165, 1.54) is 0 Å². The molecule has 8 nitrogen and oxygen atoms in total. The van der Waals surface area contributed by atoms with Gasteiger partial charge in [-0.1, -0.05) is 30.3 Å². The molecule has 2 aromatic carbocycles. The molecule has 0 atom stereocenters. The maximum absolute atomic E-state index is 13.8. The van der Waals surface area contributed by atoms with Crippen molar-refractivity contribution in [2.24, 2.45) is 0 Å². The Morgan fingerprint density at radius 1 is 0.944 bits per heavy atom. The number of anilines is 1. The van der Waals surface area contributed by atoms with Crippen LogP contribution in [-0.2, 0) is 0 Å². The molecular formula is C27H24N6O2S. The predicted octanol–water partition coefficient (Wildman–Crippen LogP) is 4.52. The van der Waals surface area contributed by atoms with Crippen molar-refractivity contribution in [3.8, 4) is 22.7 Å². The molecule has 4 heterocycles. The van der Waals surface area contributed by atoms with E-state index < -0.39 is 0 Å². The number of ether oxygens (including phenoxy) is 1. The van der Waals surface area contributed by atoms with Crippen LogP contribution in [0.4, 0.5) is 5.82 Å². The Kier molecular flexibility index (Phi) is 5.82. The SMILES string of the molecule is COc1ccccc1-c1nn(-c2ccccc2)cc1C(=O)N1CCN(c2ncnc3sccc23)CC1. The Hall–Kier alpha value is -4.24. The molecular weight excluding hydrogens is 472 g/mol. The van der Waals surface area contributed by atoms with Gasteiger partial charge in [-0.3, -0.25) is 4.79 Å². The number of fused-ring (bicyclic) bond motifs is 1. The molecule has 1 aliphatic rings. The van der Waals surface area contributed by atoms with Crippen LogP contribution < -0.4 is 9.64 Å². The highest BCUT2D eigenvalue weighted by Gasteiger charge is 2.28. The van der Waals surface area contributed by atoms with Crippen LogP contribution in [0.2, 0.25) is 0 Å². The number of aromatic nitrogens is 4. The van der Waals surface area contributed by atoms with Gasteiger partial charge in [-0.2, -0.15) is 5.10 Å². The average molecular weight is 497 g/mol. The van der Waals surface area contributed by atoms with Gasteiger partial charge in [-0.15, -0.1) is 11.3 Å². The third-order valence-electron chi connectivity index (χ3n) is 6.43. The Bertz CT molecular complexity index is 1520. The second-order valence-electron chi connectivity index (χ2n) is 8.49. The topological polar surface area (TPSA) is 76.4 Å². The number of hydrogen-bond donors (Lipinski definition) is 0. The molecule has 0 aliphatic carbocycles. The van der Waals surface area contributed by atoms with Gasteiger partial charge in [0.05, 0.1) is 23.7 Å². The number of benzene rings is 2. The van der Waals surface area contributed by atoms with Gasteiger partial charge in [0.1, 0.15) is 28.4 Å². The zero-order valence-electron chi connectivity index (χ0n) is 19.7. The number of carbonyl (C=O) groups excluding carboxylic acids is 1. The highest BCUT2D eigenvalue weighted by atomic mass is 32.1. The minimum Gasteiger partial charge on any atom is -0.496 e. The van der Waals surface area contributed by atoms with Crippen LogP contribution in [0.5, 0.6) is 5.75 Å². The molecule has 1 amide bonds. The van der Waals surface area contributed by atoms with Crippen molar-refractivity contribution in [1.29, 1.82) is 0 Å². The molecule has 5 aromatic rings. The number of methoxy groups -OCH3 is 1. The van der Waals surface area contributed by atoms with Crippen molar-refractivity contribution < 1.29 is 9.53 Å². The number of piperazine rings is 1. The third kappa shape index (κ3) is 3.97. The number of carbonyl (C=O) groups is 1. The van der Waals surface area contributed by atoms with Gasteiger partial charge in [-0.05, 0) is 35.7 Å². The van der Waals surface area contributed by atoms with E-state index in [1.54, 1.807) is 29.5 Å². The second-order valence-corrected chi connectivity index (χ2v) is 9.38. The summed E-state index contributed by atoms with van der Waals surface area (Å²) in [5.74, 6) is 1.57. The average Bonchev–Trinajstić information content (AvgIpc) is 3.61. The number of amides is 1. The first-order valence-electron chi connectivity index (χ1n) is 11.7. The molecule has 0 bridgehead atoms. The van der Waals surface area contributed by atoms with E-state index in [4.69, 9.17) is 9.84 Å². The van der Waals surface area contributed by atoms with Gasteiger partial charge in [-0.25, -0.2) is 14.6 Å². The van der Waals surface area contributed by atoms with Crippen LogP contribution >= 0.6 is 11.3 Å². The van der Waals surface area contributed by atoms with Crippen molar-refractivity contribution in [1.82, 2.24) is 24.6 Å². The summed E-state index contributed by atoms with van der Waals surface area (Å²) in [6.45, 7) is 2.59. The maximum Gasteiger partial charge on any atom is 0.257 e. The predicted molar refractivity (Wildman–Crippen MR) is 141 cm³/mol. The van der Waals surface area contributed by atoms with Crippen molar-refractivity contribution in [3.05, 3.63) is 84.1 Å². The number of nitrogens with zero attached hydrogens (tertiary/aromatic N) is 6. The standard InChI is InChI=1S/C27H24N6O2S/c1-35-23-10-6-5-9-20(23)24-22(17-33(30-24)19-7-3-2-4-8-19)27(34)32-14-12-31(13-15-32)25-21-11-16-36-26(21)29-18-28-25/h2-11,16-18H,12-15H2,1H3. The molecule has 0 spiro atoms. The fourth-order valence-electron chi connectivity index (χ4n) is 4.60. The summed E-state index contributed by atoms with van der Waals surface area (Å²) in [7, 11) is 1.63. The fourth-order valence-corrected chi connectivity index (χ4v) is 5.33. The highest BCUT2D eigenvalue weighted by Crippen LogP contribution is 2.33. The fraction of sp³-hybridized carbons (Fsp3) is 0.185. The van der Waals surface area contributed by atoms with Gasteiger partial charge in [0.2, 0.25) is 0 Å². The summed E-state index contributed by atoms with van der Waals surface area (Å²) in [6, 6.07) is 19.5. The van der Waals surface area contributed by atoms with Crippen LogP contribution in [0.1, 0.15) is 10.4 Å². The molecule has 1 fully saturated rings. The first kappa shape index (κ1) is 22.2. The molecule has 3 aromatic heterocycles. The molecule has 6 rings (SSSR count). The molecule has 36 heavy (non-hydrogen) atoms. The lowest BCUT2D eigenvalue weighted by molar-refractivity contribution is 0.0747. The van der Waals surface area contributed by atoms with Crippen LogP contribution in [0.25, 0.3) is 27.2 Å². The summed E-state index contributed by atoms with van der Waals surface area (Å²) in [5.41, 5.74) is 2.84. The van der Waals surface area contributed by atoms with E-state index in [0.717, 1.165) is 27.3 Å². The smallest absolute Gasteiger partial charge is 0.257 e. The number of rotatable bonds is 5. The van der Waals surface area contributed by atoms with E-state index in [9.17, 15) is 4.79 Å². The Labute approximate surface area is 212 Å². The van der Waals surface area contributed by atoms with E-state index in [2.05, 4.69) is 20.9 Å². The van der Waals surface area contributed by atoms with E-state index in [0.29, 0.717) is 43.2 Å². The zero-order chi connectivity index (χ0) is 24.5. The number of hydrogen-bond acceptors (Lipinski definition) is 7. The van der Waals surface area contributed by atoms with Gasteiger partial charge >= 0.3 is 0 Å². The first-order valence-corrected chi connectivity index (χ1v) is 12.6. The Balaban J connectivity index is 1.31. The summed E-state index contributed by atoms with van der Waals surface area (Å²) < 4.78 is 7.36. The van der Waals surface area contributed by atoms with Crippen molar-refractivity contribution in [2.75, 3.05) is 38.2 Å². The molecule has 0 radical (unpaired) electrons. The molecule has 1 aliphatic heterocycles. The molecule has 180 valence electrons. The van der Waals surface area contributed by atoms with Gasteiger partial charge in [0.15, 0.2) is 0 Å². The second kappa shape index (κ2) is 9.43. The van der Waals surface area contributed by atoms with Crippen LogP contribution in [0.3, 0.4) is 0 Å². The minimum atomic E-state index is -0.0406. The Morgan fingerprint density at radius 2 is 1.72 bits per heavy atom. The summed E-state index contributed by atoms with van der Waals surface area (Å²) in [5, 5.41) is 7.92. The lowest BCUT2D eigenvalue weighted by Crippen LogP contribution is -2.49. The minimum absolute atomic E-state index is 0.0406. The van der Waals surface area contributed by atoms with Gasteiger partial charge in [0, 0.05) is 37.9 Å². The van der Waals surface area contributed by atoms with Crippen molar-refractivity contribution in [3.63, 3.8) is 0 Å². The molecule has 0 unspecified atom stereocenters. The number of thiophene rings is 1. The molecule has 1 saturated heterocycles. The summed E-state index contributed by atoms with van der Waals surface area (Å²) in [6.07, 6.45) is 3.44. The largest absolute Gasteiger partial charge is 0.496 e. The zero-order valence-corrected chi connectivity index (χ0v) is 20.6. The third-order valence-corrected chi connectivity index (χ3v) is 7.26. The monoisotopic (exact) mass is 496 g/mol.